The van der Waals surface area contributed by atoms with Crippen molar-refractivity contribution in [2.24, 2.45) is 0 Å². The molecule has 18 heavy (non-hydrogen) atoms. The predicted molar refractivity (Wildman–Crippen MR) is 61.7 cm³/mol. The summed E-state index contributed by atoms with van der Waals surface area (Å²) in [6.07, 6.45) is -4.62. The fourth-order valence-electron chi connectivity index (χ4n) is 1.23. The fraction of sp³-hybridized carbons (Fsp3) is 0.333. The highest BCUT2D eigenvalue weighted by molar-refractivity contribution is 7.89. The van der Waals surface area contributed by atoms with E-state index in [1.807, 2.05) is 0 Å². The van der Waals surface area contributed by atoms with Gasteiger partial charge in [-0.15, -0.1) is 0 Å². The molecule has 0 unspecified atom stereocenters. The van der Waals surface area contributed by atoms with Gasteiger partial charge in [0.15, 0.2) is 0 Å². The molecular formula is C9H10ClF3N2O2S. The Hall–Kier alpha value is -0.990. The minimum absolute atomic E-state index is 0.185. The van der Waals surface area contributed by atoms with E-state index < -0.39 is 27.6 Å². The van der Waals surface area contributed by atoms with Gasteiger partial charge < -0.3 is 5.73 Å². The second-order valence-electron chi connectivity index (χ2n) is 3.57. The molecule has 0 spiro atoms. The number of rotatable bonds is 3. The van der Waals surface area contributed by atoms with Crippen LogP contribution in [0.3, 0.4) is 0 Å². The topological polar surface area (TPSA) is 63.4 Å². The number of halogens is 4. The lowest BCUT2D eigenvalue weighted by atomic mass is 10.3. The van der Waals surface area contributed by atoms with Gasteiger partial charge in [-0.05, 0) is 18.2 Å². The molecule has 0 aromatic heterocycles. The highest BCUT2D eigenvalue weighted by Crippen LogP contribution is 2.27. The number of nitrogen functional groups attached to an aromatic ring is 1. The summed E-state index contributed by atoms with van der Waals surface area (Å²) in [4.78, 5) is -0.412. The molecule has 0 atom stereocenters. The van der Waals surface area contributed by atoms with Crippen LogP contribution in [0.15, 0.2) is 23.1 Å². The summed E-state index contributed by atoms with van der Waals surface area (Å²) in [5.74, 6) is 0. The summed E-state index contributed by atoms with van der Waals surface area (Å²) in [7, 11) is -3.46. The van der Waals surface area contributed by atoms with E-state index in [1.165, 1.54) is 6.07 Å². The van der Waals surface area contributed by atoms with Crippen LogP contribution >= 0.6 is 11.6 Å². The first-order valence-corrected chi connectivity index (χ1v) is 6.44. The number of hydrogen-bond acceptors (Lipinski definition) is 3. The summed E-state index contributed by atoms with van der Waals surface area (Å²) in [5.41, 5.74) is 5.60. The van der Waals surface area contributed by atoms with Gasteiger partial charge in [0.05, 0.1) is 5.02 Å². The third-order valence-electron chi connectivity index (χ3n) is 2.05. The number of anilines is 1. The Morgan fingerprint density at radius 1 is 1.39 bits per heavy atom. The Balaban J connectivity index is 3.14. The van der Waals surface area contributed by atoms with E-state index in [1.54, 1.807) is 0 Å². The molecule has 102 valence electrons. The first kappa shape index (κ1) is 15.1. The van der Waals surface area contributed by atoms with Crippen molar-refractivity contribution in [1.82, 2.24) is 4.31 Å². The normalized spacial score (nSPS) is 13.0. The molecule has 1 aromatic rings. The SMILES string of the molecule is CN(CC(F)(F)F)S(=O)(=O)c1ccc(N)cc1Cl. The molecule has 1 rings (SSSR count). The molecule has 0 saturated carbocycles. The number of nitrogens with zero attached hydrogens (tertiary/aromatic N) is 1. The standard InChI is InChI=1S/C9H10ClF3N2O2S/c1-15(5-9(11,12)13)18(16,17)8-3-2-6(14)4-7(8)10/h2-4H,5,14H2,1H3. The third-order valence-corrected chi connectivity index (χ3v) is 4.33. The second kappa shape index (κ2) is 4.94. The molecule has 0 saturated heterocycles. The maximum Gasteiger partial charge on any atom is 0.402 e. The van der Waals surface area contributed by atoms with Crippen molar-refractivity contribution in [1.29, 1.82) is 0 Å². The van der Waals surface area contributed by atoms with E-state index >= 15 is 0 Å². The molecule has 0 amide bonds. The zero-order valence-electron chi connectivity index (χ0n) is 9.20. The Bertz CT molecular complexity index is 545. The van der Waals surface area contributed by atoms with Crippen LogP contribution in [-0.4, -0.2) is 32.5 Å². The number of nitrogens with two attached hydrogens (primary N) is 1. The summed E-state index contributed by atoms with van der Waals surface area (Å²) < 4.78 is 60.3. The zero-order chi connectivity index (χ0) is 14.1. The minimum Gasteiger partial charge on any atom is -0.399 e. The van der Waals surface area contributed by atoms with E-state index in [0.717, 1.165) is 19.2 Å². The monoisotopic (exact) mass is 302 g/mol. The first-order valence-electron chi connectivity index (χ1n) is 4.62. The Labute approximate surface area is 107 Å². The zero-order valence-corrected chi connectivity index (χ0v) is 10.8. The van der Waals surface area contributed by atoms with E-state index in [0.29, 0.717) is 0 Å². The molecule has 0 aliphatic rings. The van der Waals surface area contributed by atoms with E-state index in [-0.39, 0.29) is 15.0 Å². The van der Waals surface area contributed by atoms with Crippen molar-refractivity contribution < 1.29 is 21.6 Å². The van der Waals surface area contributed by atoms with Crippen molar-refractivity contribution in [2.45, 2.75) is 11.1 Å². The second-order valence-corrected chi connectivity index (χ2v) is 5.99. The maximum absolute atomic E-state index is 12.2. The predicted octanol–water partition coefficient (Wildman–Crippen LogP) is 2.10. The highest BCUT2D eigenvalue weighted by Gasteiger charge is 2.35. The number of hydrogen-bond donors (Lipinski definition) is 1. The summed E-state index contributed by atoms with van der Waals surface area (Å²) in [5, 5.41) is -0.218. The Kier molecular flexibility index (Phi) is 4.14. The van der Waals surface area contributed by atoms with Crippen LogP contribution in [0.5, 0.6) is 0 Å². The maximum atomic E-state index is 12.2. The van der Waals surface area contributed by atoms with Crippen LogP contribution in [0.25, 0.3) is 0 Å². The Morgan fingerprint density at radius 3 is 2.39 bits per heavy atom. The van der Waals surface area contributed by atoms with E-state index in [2.05, 4.69) is 0 Å². The highest BCUT2D eigenvalue weighted by atomic mass is 35.5. The third kappa shape index (κ3) is 3.50. The molecule has 0 aliphatic carbocycles. The molecule has 0 radical (unpaired) electrons. The largest absolute Gasteiger partial charge is 0.402 e. The van der Waals surface area contributed by atoms with Crippen molar-refractivity contribution in [3.05, 3.63) is 23.2 Å². The summed E-state index contributed by atoms with van der Waals surface area (Å²) in [6, 6.07) is 3.48. The average molecular weight is 303 g/mol. The van der Waals surface area contributed by atoms with Crippen LogP contribution < -0.4 is 5.73 Å². The molecule has 2 N–H and O–H groups in total. The Morgan fingerprint density at radius 2 is 1.94 bits per heavy atom. The van der Waals surface area contributed by atoms with Gasteiger partial charge in [0.2, 0.25) is 10.0 Å². The van der Waals surface area contributed by atoms with Gasteiger partial charge in [0, 0.05) is 12.7 Å². The van der Waals surface area contributed by atoms with Crippen LogP contribution in [0.1, 0.15) is 0 Å². The first-order chi connectivity index (χ1) is 8.04. The van der Waals surface area contributed by atoms with Crippen molar-refractivity contribution in [3.8, 4) is 0 Å². The number of sulfonamides is 1. The van der Waals surface area contributed by atoms with Crippen LogP contribution in [0, 0.1) is 0 Å². The van der Waals surface area contributed by atoms with Crippen molar-refractivity contribution in [3.63, 3.8) is 0 Å². The molecule has 4 nitrogen and oxygen atoms in total. The van der Waals surface area contributed by atoms with Crippen LogP contribution in [0.4, 0.5) is 18.9 Å². The molecule has 0 fully saturated rings. The minimum atomic E-state index is -4.62. The smallest absolute Gasteiger partial charge is 0.399 e. The van der Waals surface area contributed by atoms with Gasteiger partial charge in [0.25, 0.3) is 0 Å². The van der Waals surface area contributed by atoms with Gasteiger partial charge in [0.1, 0.15) is 11.4 Å². The van der Waals surface area contributed by atoms with Gasteiger partial charge in [-0.1, -0.05) is 11.6 Å². The van der Waals surface area contributed by atoms with E-state index in [9.17, 15) is 21.6 Å². The summed E-state index contributed by atoms with van der Waals surface area (Å²) >= 11 is 5.66. The lowest BCUT2D eigenvalue weighted by molar-refractivity contribution is -0.134. The van der Waals surface area contributed by atoms with Gasteiger partial charge >= 0.3 is 6.18 Å². The average Bonchev–Trinajstić information content (AvgIpc) is 2.13. The van der Waals surface area contributed by atoms with Crippen molar-refractivity contribution in [2.75, 3.05) is 19.3 Å². The molecule has 0 heterocycles. The molecule has 1 aromatic carbocycles. The van der Waals surface area contributed by atoms with Crippen LogP contribution in [-0.2, 0) is 10.0 Å². The molecule has 0 aliphatic heterocycles. The molecule has 0 bridgehead atoms. The van der Waals surface area contributed by atoms with Gasteiger partial charge in [-0.2, -0.15) is 17.5 Å². The van der Waals surface area contributed by atoms with E-state index in [4.69, 9.17) is 17.3 Å². The fourth-order valence-corrected chi connectivity index (χ4v) is 2.91. The number of benzene rings is 1. The molecule has 9 heteroatoms. The number of alkyl halides is 3. The van der Waals surface area contributed by atoms with Gasteiger partial charge in [-0.3, -0.25) is 0 Å². The van der Waals surface area contributed by atoms with Crippen LogP contribution in [0.2, 0.25) is 5.02 Å². The quantitative estimate of drug-likeness (QED) is 0.870. The van der Waals surface area contributed by atoms with Crippen molar-refractivity contribution >= 4 is 27.3 Å². The van der Waals surface area contributed by atoms with Gasteiger partial charge in [-0.25, -0.2) is 8.42 Å². The summed E-state index contributed by atoms with van der Waals surface area (Å²) in [6.45, 7) is -1.59. The lowest BCUT2D eigenvalue weighted by Crippen LogP contribution is -2.35. The molecular weight excluding hydrogens is 293 g/mol. The lowest BCUT2D eigenvalue weighted by Gasteiger charge is -2.19.